The highest BCUT2D eigenvalue weighted by Crippen LogP contribution is 2.43. The van der Waals surface area contributed by atoms with Crippen molar-refractivity contribution in [1.29, 1.82) is 0 Å². The molecule has 0 amide bonds. The van der Waals surface area contributed by atoms with Gasteiger partial charge in [-0.05, 0) is 25.0 Å². The van der Waals surface area contributed by atoms with E-state index < -0.39 is 5.60 Å². The summed E-state index contributed by atoms with van der Waals surface area (Å²) in [7, 11) is 3.23. The first kappa shape index (κ1) is 11.7. The molecule has 0 radical (unpaired) electrons. The third kappa shape index (κ3) is 2.33. The van der Waals surface area contributed by atoms with E-state index in [2.05, 4.69) is 15.9 Å². The molecule has 1 saturated carbocycles. The Morgan fingerprint density at radius 1 is 1.31 bits per heavy atom. The summed E-state index contributed by atoms with van der Waals surface area (Å²) in [6.45, 7) is 0. The van der Waals surface area contributed by atoms with Crippen LogP contribution in [0.15, 0.2) is 16.6 Å². The van der Waals surface area contributed by atoms with Crippen LogP contribution in [0, 0.1) is 0 Å². The number of hydrogen-bond acceptors (Lipinski definition) is 3. The molecule has 4 heteroatoms. The fourth-order valence-electron chi connectivity index (χ4n) is 1.81. The first-order valence-electron chi connectivity index (χ1n) is 5.21. The van der Waals surface area contributed by atoms with Crippen LogP contribution in [0.5, 0.6) is 11.5 Å². The van der Waals surface area contributed by atoms with E-state index in [4.69, 9.17) is 9.47 Å². The maximum absolute atomic E-state index is 9.94. The Kier molecular flexibility index (Phi) is 3.13. The fourth-order valence-corrected chi connectivity index (χ4v) is 2.30. The third-order valence-electron chi connectivity index (χ3n) is 2.87. The minimum atomic E-state index is -0.529. The summed E-state index contributed by atoms with van der Waals surface area (Å²) < 4.78 is 11.5. The molecule has 0 heterocycles. The van der Waals surface area contributed by atoms with Crippen molar-refractivity contribution < 1.29 is 14.6 Å². The van der Waals surface area contributed by atoms with E-state index in [0.717, 1.165) is 22.9 Å². The van der Waals surface area contributed by atoms with Crippen molar-refractivity contribution in [3.8, 4) is 11.5 Å². The predicted molar refractivity (Wildman–Crippen MR) is 65.1 cm³/mol. The van der Waals surface area contributed by atoms with Gasteiger partial charge in [0, 0.05) is 16.5 Å². The number of aliphatic hydroxyl groups is 1. The van der Waals surface area contributed by atoms with Crippen molar-refractivity contribution in [1.82, 2.24) is 0 Å². The average Bonchev–Trinajstić information content (AvgIpc) is 2.95. The maximum Gasteiger partial charge on any atom is 0.164 e. The van der Waals surface area contributed by atoms with Crippen LogP contribution in [0.25, 0.3) is 0 Å². The molecule has 0 saturated heterocycles. The number of ether oxygens (including phenoxy) is 2. The van der Waals surface area contributed by atoms with Gasteiger partial charge in [-0.2, -0.15) is 0 Å². The topological polar surface area (TPSA) is 38.7 Å². The molecule has 3 nitrogen and oxygen atoms in total. The molecule has 0 aromatic heterocycles. The van der Waals surface area contributed by atoms with E-state index in [9.17, 15) is 5.11 Å². The van der Waals surface area contributed by atoms with Crippen LogP contribution in [0.3, 0.4) is 0 Å². The molecular weight excluding hydrogens is 272 g/mol. The van der Waals surface area contributed by atoms with Crippen molar-refractivity contribution in [3.05, 3.63) is 22.2 Å². The molecular formula is C12H15BrO3. The van der Waals surface area contributed by atoms with Gasteiger partial charge in [0.2, 0.25) is 0 Å². The smallest absolute Gasteiger partial charge is 0.164 e. The van der Waals surface area contributed by atoms with Gasteiger partial charge in [-0.15, -0.1) is 0 Å². The third-order valence-corrected chi connectivity index (χ3v) is 3.33. The van der Waals surface area contributed by atoms with Crippen LogP contribution >= 0.6 is 15.9 Å². The SMILES string of the molecule is COc1cc(Br)cc(CC2(O)CC2)c1OC. The zero-order chi connectivity index (χ0) is 11.8. The standard InChI is InChI=1S/C12H15BrO3/c1-15-10-6-9(13)5-8(11(10)16-2)7-12(14)3-4-12/h5-6,14H,3-4,7H2,1-2H3. The number of methoxy groups -OCH3 is 2. The summed E-state index contributed by atoms with van der Waals surface area (Å²) >= 11 is 3.43. The van der Waals surface area contributed by atoms with Gasteiger partial charge in [0.1, 0.15) is 0 Å². The minimum absolute atomic E-state index is 0.529. The zero-order valence-electron chi connectivity index (χ0n) is 9.42. The number of benzene rings is 1. The Hall–Kier alpha value is -0.740. The molecule has 0 bridgehead atoms. The molecule has 0 aliphatic heterocycles. The number of halogens is 1. The number of rotatable bonds is 4. The second-order valence-electron chi connectivity index (χ2n) is 4.20. The van der Waals surface area contributed by atoms with Crippen molar-refractivity contribution in [2.24, 2.45) is 0 Å². The van der Waals surface area contributed by atoms with E-state index in [1.54, 1.807) is 14.2 Å². The molecule has 0 atom stereocenters. The lowest BCUT2D eigenvalue weighted by molar-refractivity contribution is 0.149. The van der Waals surface area contributed by atoms with E-state index in [1.807, 2.05) is 12.1 Å². The van der Waals surface area contributed by atoms with Gasteiger partial charge in [0.05, 0.1) is 19.8 Å². The largest absolute Gasteiger partial charge is 0.493 e. The highest BCUT2D eigenvalue weighted by Gasteiger charge is 2.41. The predicted octanol–water partition coefficient (Wildman–Crippen LogP) is 2.53. The molecule has 1 aliphatic carbocycles. The molecule has 1 aromatic carbocycles. The monoisotopic (exact) mass is 286 g/mol. The van der Waals surface area contributed by atoms with Gasteiger partial charge in [-0.25, -0.2) is 0 Å². The van der Waals surface area contributed by atoms with Gasteiger partial charge in [0.15, 0.2) is 11.5 Å². The number of hydrogen-bond donors (Lipinski definition) is 1. The maximum atomic E-state index is 9.94. The van der Waals surface area contributed by atoms with Crippen LogP contribution in [0.1, 0.15) is 18.4 Å². The summed E-state index contributed by atoms with van der Waals surface area (Å²) in [5, 5.41) is 9.94. The van der Waals surface area contributed by atoms with E-state index in [0.29, 0.717) is 17.9 Å². The Bertz CT molecular complexity index is 399. The summed E-state index contributed by atoms with van der Waals surface area (Å²) in [5.41, 5.74) is 0.452. The second kappa shape index (κ2) is 4.26. The van der Waals surface area contributed by atoms with Crippen LogP contribution in [0.4, 0.5) is 0 Å². The summed E-state index contributed by atoms with van der Waals surface area (Å²) in [6.07, 6.45) is 2.35. The van der Waals surface area contributed by atoms with Gasteiger partial charge >= 0.3 is 0 Å². The Morgan fingerprint density at radius 3 is 2.50 bits per heavy atom. The van der Waals surface area contributed by atoms with Crippen LogP contribution in [-0.2, 0) is 6.42 Å². The molecule has 2 rings (SSSR count). The lowest BCUT2D eigenvalue weighted by Crippen LogP contribution is -2.12. The molecule has 0 spiro atoms. The van der Waals surface area contributed by atoms with Crippen molar-refractivity contribution in [2.75, 3.05) is 14.2 Å². The van der Waals surface area contributed by atoms with Crippen molar-refractivity contribution in [3.63, 3.8) is 0 Å². The van der Waals surface area contributed by atoms with Crippen molar-refractivity contribution >= 4 is 15.9 Å². The Balaban J connectivity index is 2.37. The zero-order valence-corrected chi connectivity index (χ0v) is 11.0. The molecule has 88 valence electrons. The highest BCUT2D eigenvalue weighted by molar-refractivity contribution is 9.10. The van der Waals surface area contributed by atoms with Gasteiger partial charge < -0.3 is 14.6 Å². The highest BCUT2D eigenvalue weighted by atomic mass is 79.9. The van der Waals surface area contributed by atoms with E-state index in [1.165, 1.54) is 0 Å². The summed E-state index contributed by atoms with van der Waals surface area (Å²) in [6, 6.07) is 3.83. The van der Waals surface area contributed by atoms with Gasteiger partial charge in [-0.1, -0.05) is 15.9 Å². The minimum Gasteiger partial charge on any atom is -0.493 e. The second-order valence-corrected chi connectivity index (χ2v) is 5.12. The normalized spacial score (nSPS) is 17.0. The molecule has 16 heavy (non-hydrogen) atoms. The first-order valence-corrected chi connectivity index (χ1v) is 6.00. The van der Waals surface area contributed by atoms with E-state index in [-0.39, 0.29) is 0 Å². The molecule has 1 aliphatic rings. The Morgan fingerprint density at radius 2 is 2.00 bits per heavy atom. The van der Waals surface area contributed by atoms with Crippen LogP contribution in [0.2, 0.25) is 0 Å². The van der Waals surface area contributed by atoms with Gasteiger partial charge in [-0.3, -0.25) is 0 Å². The Labute approximate surface area is 104 Å². The molecule has 1 aromatic rings. The summed E-state index contributed by atoms with van der Waals surface area (Å²) in [5.74, 6) is 1.40. The van der Waals surface area contributed by atoms with E-state index >= 15 is 0 Å². The molecule has 0 unspecified atom stereocenters. The quantitative estimate of drug-likeness (QED) is 0.925. The molecule has 1 fully saturated rings. The molecule has 1 N–H and O–H groups in total. The summed E-state index contributed by atoms with van der Waals surface area (Å²) in [4.78, 5) is 0. The average molecular weight is 287 g/mol. The first-order chi connectivity index (χ1) is 7.58. The fraction of sp³-hybridized carbons (Fsp3) is 0.500. The van der Waals surface area contributed by atoms with Crippen LogP contribution in [-0.4, -0.2) is 24.9 Å². The van der Waals surface area contributed by atoms with Crippen LogP contribution < -0.4 is 9.47 Å². The lowest BCUT2D eigenvalue weighted by Gasteiger charge is -2.15. The lowest BCUT2D eigenvalue weighted by atomic mass is 10.0. The van der Waals surface area contributed by atoms with Gasteiger partial charge in [0.25, 0.3) is 0 Å². The van der Waals surface area contributed by atoms with Crippen molar-refractivity contribution in [2.45, 2.75) is 24.9 Å².